The predicted molar refractivity (Wildman–Crippen MR) is 154 cm³/mol. The van der Waals surface area contributed by atoms with E-state index in [0.29, 0.717) is 60.6 Å². The fourth-order valence-corrected chi connectivity index (χ4v) is 5.10. The number of benzene rings is 1. The largest absolute Gasteiger partial charge is 0.493 e. The number of aryl methyl sites for hydroxylation is 1. The number of aliphatic hydroxyl groups excluding tert-OH is 1. The minimum atomic E-state index is -0.657. The summed E-state index contributed by atoms with van der Waals surface area (Å²) in [6.45, 7) is 5.69. The zero-order valence-electron chi connectivity index (χ0n) is 24.2. The van der Waals surface area contributed by atoms with E-state index in [4.69, 9.17) is 19.3 Å². The van der Waals surface area contributed by atoms with Crippen molar-refractivity contribution in [3.8, 4) is 28.4 Å². The van der Waals surface area contributed by atoms with E-state index in [-0.39, 0.29) is 35.5 Å². The Morgan fingerprint density at radius 2 is 1.82 bits per heavy atom. The molecule has 0 saturated carbocycles. The lowest BCUT2D eigenvalue weighted by atomic mass is 9.95. The first-order valence-electron chi connectivity index (χ1n) is 13.6. The van der Waals surface area contributed by atoms with Crippen LogP contribution < -0.4 is 35.6 Å². The molecule has 0 heterocycles. The summed E-state index contributed by atoms with van der Waals surface area (Å²) in [6.07, 6.45) is 2.30. The van der Waals surface area contributed by atoms with Gasteiger partial charge >= 0.3 is 0 Å². The van der Waals surface area contributed by atoms with E-state index in [1.807, 2.05) is 26.0 Å². The Hall–Kier alpha value is -3.79. The van der Waals surface area contributed by atoms with Gasteiger partial charge in [0.25, 0.3) is 0 Å². The van der Waals surface area contributed by atoms with Crippen molar-refractivity contribution < 1.29 is 28.9 Å². The molecule has 218 valence electrons. The molecular formula is C30H41N3O7. The first-order valence-corrected chi connectivity index (χ1v) is 13.6. The van der Waals surface area contributed by atoms with Crippen LogP contribution in [0, 0.1) is 5.92 Å². The number of nitrogens with one attached hydrogen (secondary N) is 3. The molecular weight excluding hydrogens is 514 g/mol. The van der Waals surface area contributed by atoms with Crippen LogP contribution in [-0.2, 0) is 16.0 Å². The van der Waals surface area contributed by atoms with Crippen LogP contribution in [0.15, 0.2) is 29.1 Å². The third-order valence-corrected chi connectivity index (χ3v) is 7.36. The van der Waals surface area contributed by atoms with Gasteiger partial charge in [-0.3, -0.25) is 14.4 Å². The van der Waals surface area contributed by atoms with Crippen molar-refractivity contribution >= 4 is 17.5 Å². The number of hydrogen-bond donors (Lipinski definition) is 4. The SMILES string of the molecule is CC[C@@H](C)[C@H](Nc1ccc2c(cc1=O)[C@@H](NC(C)=O)CCc1cc(OC)c(OC)c(OC)c1-2)C(=O)NCCCO. The van der Waals surface area contributed by atoms with Crippen molar-refractivity contribution in [2.45, 2.75) is 58.5 Å². The minimum Gasteiger partial charge on any atom is -0.493 e. The molecule has 0 spiro atoms. The quantitative estimate of drug-likeness (QED) is 0.293. The van der Waals surface area contributed by atoms with Crippen molar-refractivity contribution in [2.24, 2.45) is 5.92 Å². The molecule has 0 aromatic heterocycles. The lowest BCUT2D eigenvalue weighted by Crippen LogP contribution is -2.44. The van der Waals surface area contributed by atoms with Gasteiger partial charge in [-0.05, 0) is 60.1 Å². The van der Waals surface area contributed by atoms with Gasteiger partial charge < -0.3 is 35.3 Å². The number of aliphatic hydroxyl groups is 1. The Morgan fingerprint density at radius 3 is 2.42 bits per heavy atom. The van der Waals surface area contributed by atoms with E-state index in [1.165, 1.54) is 20.1 Å². The molecule has 0 fully saturated rings. The third-order valence-electron chi connectivity index (χ3n) is 7.36. The monoisotopic (exact) mass is 555 g/mol. The van der Waals surface area contributed by atoms with Crippen molar-refractivity contribution in [1.29, 1.82) is 0 Å². The average molecular weight is 556 g/mol. The van der Waals surface area contributed by atoms with Gasteiger partial charge in [-0.25, -0.2) is 0 Å². The predicted octanol–water partition coefficient (Wildman–Crippen LogP) is 3.19. The molecule has 3 atom stereocenters. The second-order valence-corrected chi connectivity index (χ2v) is 9.97. The molecule has 10 nitrogen and oxygen atoms in total. The fraction of sp³-hybridized carbons (Fsp3) is 0.500. The van der Waals surface area contributed by atoms with Gasteiger partial charge in [0.15, 0.2) is 11.5 Å². The highest BCUT2D eigenvalue weighted by Gasteiger charge is 2.30. The summed E-state index contributed by atoms with van der Waals surface area (Å²) in [5, 5.41) is 18.1. The van der Waals surface area contributed by atoms with Crippen molar-refractivity contribution in [3.05, 3.63) is 45.6 Å². The molecule has 2 aromatic carbocycles. The number of rotatable bonds is 12. The normalized spacial score (nSPS) is 15.4. The zero-order valence-corrected chi connectivity index (χ0v) is 24.2. The number of carbonyl (C=O) groups excluding carboxylic acids is 2. The Bertz CT molecular complexity index is 1280. The number of fused-ring (bicyclic) bond motifs is 3. The summed E-state index contributed by atoms with van der Waals surface area (Å²) in [6, 6.07) is 5.84. The van der Waals surface area contributed by atoms with Crippen LogP contribution in [0.2, 0.25) is 0 Å². The van der Waals surface area contributed by atoms with Crippen LogP contribution >= 0.6 is 0 Å². The summed E-state index contributed by atoms with van der Waals surface area (Å²) in [4.78, 5) is 38.8. The van der Waals surface area contributed by atoms with E-state index in [1.54, 1.807) is 20.3 Å². The van der Waals surface area contributed by atoms with Crippen LogP contribution in [0.3, 0.4) is 0 Å². The minimum absolute atomic E-state index is 0.0243. The van der Waals surface area contributed by atoms with Crippen molar-refractivity contribution in [2.75, 3.05) is 39.8 Å². The first kappa shape index (κ1) is 30.7. The number of amides is 2. The van der Waals surface area contributed by atoms with E-state index >= 15 is 0 Å². The first-order chi connectivity index (χ1) is 19.2. The topological polar surface area (TPSA) is 135 Å². The molecule has 2 aromatic rings. The second kappa shape index (κ2) is 14.0. The Kier molecular flexibility index (Phi) is 10.8. The number of ether oxygens (including phenoxy) is 3. The van der Waals surface area contributed by atoms with Gasteiger partial charge in [0.2, 0.25) is 23.0 Å². The van der Waals surface area contributed by atoms with Crippen molar-refractivity contribution in [1.82, 2.24) is 10.6 Å². The van der Waals surface area contributed by atoms with Crippen LogP contribution in [0.5, 0.6) is 17.2 Å². The molecule has 0 aliphatic heterocycles. The van der Waals surface area contributed by atoms with E-state index in [2.05, 4.69) is 16.0 Å². The number of methoxy groups -OCH3 is 3. The van der Waals surface area contributed by atoms with Crippen LogP contribution in [0.25, 0.3) is 11.1 Å². The highest BCUT2D eigenvalue weighted by molar-refractivity contribution is 5.86. The summed E-state index contributed by atoms with van der Waals surface area (Å²) >= 11 is 0. The molecule has 10 heteroatoms. The fourth-order valence-electron chi connectivity index (χ4n) is 5.10. The van der Waals surface area contributed by atoms with Gasteiger partial charge in [0, 0.05) is 25.6 Å². The Balaban J connectivity index is 2.22. The lowest BCUT2D eigenvalue weighted by molar-refractivity contribution is -0.123. The molecule has 0 saturated heterocycles. The van der Waals surface area contributed by atoms with E-state index in [0.717, 1.165) is 11.1 Å². The smallest absolute Gasteiger partial charge is 0.242 e. The lowest BCUT2D eigenvalue weighted by Gasteiger charge is -2.24. The van der Waals surface area contributed by atoms with Gasteiger partial charge in [0.05, 0.1) is 33.1 Å². The highest BCUT2D eigenvalue weighted by Crippen LogP contribution is 2.50. The van der Waals surface area contributed by atoms with Gasteiger partial charge in [-0.2, -0.15) is 0 Å². The standard InChI is InChI=1S/C30H41N3O7/c1-7-17(2)27(30(37)31-13-8-14-34)33-23-12-10-20-21(16-24(23)36)22(32-18(3)35)11-9-19-15-25(38-4)28(39-5)29(40-6)26(19)20/h10,12,15-17,22,27,34H,7-9,11,13-14H2,1-6H3,(H,31,37)(H,32,35)(H,33,36)/t17-,22+,27+/m1/s1. The molecule has 3 rings (SSSR count). The second-order valence-electron chi connectivity index (χ2n) is 9.97. The number of hydrogen-bond acceptors (Lipinski definition) is 8. The molecule has 40 heavy (non-hydrogen) atoms. The number of anilines is 1. The summed E-state index contributed by atoms with van der Waals surface area (Å²) in [5.74, 6) is 0.898. The van der Waals surface area contributed by atoms with Crippen LogP contribution in [-0.4, -0.2) is 57.4 Å². The van der Waals surface area contributed by atoms with Gasteiger partial charge in [0.1, 0.15) is 6.04 Å². The van der Waals surface area contributed by atoms with Crippen LogP contribution in [0.1, 0.15) is 57.2 Å². The molecule has 0 radical (unpaired) electrons. The highest BCUT2D eigenvalue weighted by atomic mass is 16.5. The summed E-state index contributed by atoms with van der Waals surface area (Å²) in [5.41, 5.74) is 2.99. The molecule has 0 bridgehead atoms. The molecule has 1 aliphatic carbocycles. The molecule has 1 aliphatic rings. The third kappa shape index (κ3) is 6.67. The number of carbonyl (C=O) groups is 2. The summed E-state index contributed by atoms with van der Waals surface area (Å²) in [7, 11) is 4.65. The van der Waals surface area contributed by atoms with Gasteiger partial charge in [-0.15, -0.1) is 0 Å². The maximum Gasteiger partial charge on any atom is 0.242 e. The molecule has 2 amide bonds. The maximum atomic E-state index is 13.6. The Morgan fingerprint density at radius 1 is 1.10 bits per heavy atom. The van der Waals surface area contributed by atoms with E-state index in [9.17, 15) is 14.4 Å². The molecule has 0 unspecified atom stereocenters. The van der Waals surface area contributed by atoms with Crippen molar-refractivity contribution in [3.63, 3.8) is 0 Å². The Labute approximate surface area is 235 Å². The average Bonchev–Trinajstić information content (AvgIpc) is 3.18. The van der Waals surface area contributed by atoms with Gasteiger partial charge in [-0.1, -0.05) is 26.3 Å². The van der Waals surface area contributed by atoms with E-state index < -0.39 is 12.1 Å². The zero-order chi connectivity index (χ0) is 29.4. The summed E-state index contributed by atoms with van der Waals surface area (Å²) < 4.78 is 17.0. The molecule has 4 N–H and O–H groups in total. The maximum absolute atomic E-state index is 13.6. The van der Waals surface area contributed by atoms with Crippen LogP contribution in [0.4, 0.5) is 5.69 Å².